The van der Waals surface area contributed by atoms with E-state index in [4.69, 9.17) is 9.73 Å². The molecule has 1 heterocycles. The zero-order valence-electron chi connectivity index (χ0n) is 22.9. The largest absolute Gasteiger partial charge is 0.477 e. The van der Waals surface area contributed by atoms with E-state index in [2.05, 4.69) is 97.1 Å². The molecule has 0 aliphatic carbocycles. The van der Waals surface area contributed by atoms with Crippen LogP contribution in [0, 0.1) is 5.92 Å². The van der Waals surface area contributed by atoms with Crippen LogP contribution in [0.1, 0.15) is 112 Å². The topological polar surface area (TPSA) is 50.7 Å². The van der Waals surface area contributed by atoms with Crippen molar-refractivity contribution in [3.63, 3.8) is 0 Å². The monoisotopic (exact) mass is 476 g/mol. The molecular weight excluding hydrogens is 432 g/mol. The maximum Gasteiger partial charge on any atom is 0.252 e. The summed E-state index contributed by atoms with van der Waals surface area (Å²) in [6.07, 6.45) is 1.77. The van der Waals surface area contributed by atoms with E-state index in [1.165, 1.54) is 11.1 Å². The van der Waals surface area contributed by atoms with Crippen molar-refractivity contribution in [3.05, 3.63) is 70.3 Å². The molecule has 0 saturated heterocycles. The van der Waals surface area contributed by atoms with Gasteiger partial charge in [-0.25, -0.2) is 4.99 Å². The Bertz CT molecular complexity index is 995. The molecule has 0 saturated carbocycles. The zero-order valence-corrected chi connectivity index (χ0v) is 22.9. The number of benzene rings is 2. The van der Waals surface area contributed by atoms with Gasteiger partial charge in [0.1, 0.15) is 12.6 Å². The highest BCUT2D eigenvalue weighted by atomic mass is 16.5. The molecule has 4 heteroatoms. The van der Waals surface area contributed by atoms with Gasteiger partial charge in [0.05, 0.1) is 6.04 Å². The van der Waals surface area contributed by atoms with Crippen LogP contribution in [-0.4, -0.2) is 30.5 Å². The second-order valence-electron chi connectivity index (χ2n) is 11.0. The van der Waals surface area contributed by atoms with Gasteiger partial charge < -0.3 is 10.1 Å². The summed E-state index contributed by atoms with van der Waals surface area (Å²) >= 11 is 0. The van der Waals surface area contributed by atoms with Crippen molar-refractivity contribution in [1.82, 2.24) is 5.32 Å². The lowest BCUT2D eigenvalue weighted by atomic mass is 9.84. The molecule has 1 aliphatic rings. The number of rotatable bonds is 10. The average Bonchev–Trinajstić information content (AvgIpc) is 3.29. The number of nitrogens with zero attached hydrogens (tertiary/aromatic N) is 1. The van der Waals surface area contributed by atoms with Gasteiger partial charge in [0.2, 0.25) is 5.90 Å². The Kier molecular flexibility index (Phi) is 9.15. The maximum atomic E-state index is 13.9. The Hall–Kier alpha value is -2.62. The van der Waals surface area contributed by atoms with Crippen molar-refractivity contribution < 1.29 is 9.53 Å². The van der Waals surface area contributed by atoms with Crippen molar-refractivity contribution in [2.45, 2.75) is 98.1 Å². The number of carbonyl (C=O) groups excluding carboxylic acids is 1. The molecule has 3 rings (SSSR count). The number of carbonyl (C=O) groups is 1. The van der Waals surface area contributed by atoms with E-state index < -0.39 is 0 Å². The Morgan fingerprint density at radius 3 is 2.09 bits per heavy atom. The smallest absolute Gasteiger partial charge is 0.252 e. The lowest BCUT2D eigenvalue weighted by Crippen LogP contribution is -2.46. The molecule has 0 fully saturated rings. The minimum atomic E-state index is -0.238. The summed E-state index contributed by atoms with van der Waals surface area (Å²) in [5.41, 5.74) is 5.61. The molecule has 4 nitrogen and oxygen atoms in total. The Morgan fingerprint density at radius 2 is 1.57 bits per heavy atom. The van der Waals surface area contributed by atoms with Gasteiger partial charge >= 0.3 is 0 Å². The summed E-state index contributed by atoms with van der Waals surface area (Å²) < 4.78 is 6.10. The molecule has 35 heavy (non-hydrogen) atoms. The predicted octanol–water partition coefficient (Wildman–Crippen LogP) is 7.24. The standard InChI is InChI=1S/C31H44N2O2/c1-9-22(8)29(31-32-25(18-35-31)15-23-13-11-10-12-14-23)33-30(34)28-26(20(4)5)16-24(19(2)3)17-27(28)21(6)7/h10-14,16-17,19-22,25,29H,9,15,18H2,1-8H3,(H,33,34)/t22-,25-,29-/m0/s1. The fourth-order valence-electron chi connectivity index (χ4n) is 4.71. The number of aliphatic imine (C=N–C) groups is 1. The number of hydrogen-bond acceptors (Lipinski definition) is 3. The Balaban J connectivity index is 1.92. The van der Waals surface area contributed by atoms with Gasteiger partial charge in [-0.15, -0.1) is 0 Å². The van der Waals surface area contributed by atoms with E-state index in [9.17, 15) is 4.79 Å². The lowest BCUT2D eigenvalue weighted by Gasteiger charge is -2.27. The molecule has 0 bridgehead atoms. The third-order valence-corrected chi connectivity index (χ3v) is 7.17. The van der Waals surface area contributed by atoms with Gasteiger partial charge in [0, 0.05) is 5.56 Å². The molecule has 0 spiro atoms. The maximum absolute atomic E-state index is 13.9. The predicted molar refractivity (Wildman–Crippen MR) is 147 cm³/mol. The van der Waals surface area contributed by atoms with Crippen molar-refractivity contribution in [3.8, 4) is 0 Å². The van der Waals surface area contributed by atoms with E-state index >= 15 is 0 Å². The first-order chi connectivity index (χ1) is 16.6. The number of amides is 1. The van der Waals surface area contributed by atoms with E-state index in [1.54, 1.807) is 0 Å². The summed E-state index contributed by atoms with van der Waals surface area (Å²) in [6, 6.07) is 14.7. The minimum Gasteiger partial charge on any atom is -0.477 e. The summed E-state index contributed by atoms with van der Waals surface area (Å²) in [7, 11) is 0. The van der Waals surface area contributed by atoms with Crippen molar-refractivity contribution in [1.29, 1.82) is 0 Å². The van der Waals surface area contributed by atoms with Gasteiger partial charge in [-0.2, -0.15) is 0 Å². The highest BCUT2D eigenvalue weighted by molar-refractivity contribution is 6.00. The minimum absolute atomic E-state index is 0.0178. The van der Waals surface area contributed by atoms with Gasteiger partial charge in [0.25, 0.3) is 5.91 Å². The van der Waals surface area contributed by atoms with Gasteiger partial charge in [-0.1, -0.05) is 104 Å². The number of hydrogen-bond donors (Lipinski definition) is 1. The van der Waals surface area contributed by atoms with E-state index in [-0.39, 0.29) is 35.7 Å². The summed E-state index contributed by atoms with van der Waals surface area (Å²) in [6.45, 7) is 18.0. The lowest BCUT2D eigenvalue weighted by molar-refractivity contribution is 0.0929. The molecule has 0 radical (unpaired) electrons. The van der Waals surface area contributed by atoms with Crippen LogP contribution in [0.25, 0.3) is 0 Å². The molecule has 0 aromatic heterocycles. The zero-order chi connectivity index (χ0) is 25.7. The molecule has 2 aromatic rings. The van der Waals surface area contributed by atoms with Crippen LogP contribution < -0.4 is 5.32 Å². The molecule has 2 aromatic carbocycles. The average molecular weight is 477 g/mol. The van der Waals surface area contributed by atoms with E-state index in [0.717, 1.165) is 29.5 Å². The molecule has 0 unspecified atom stereocenters. The van der Waals surface area contributed by atoms with Crippen molar-refractivity contribution >= 4 is 11.8 Å². The first-order valence-corrected chi connectivity index (χ1v) is 13.3. The van der Waals surface area contributed by atoms with Crippen LogP contribution in [0.3, 0.4) is 0 Å². The third kappa shape index (κ3) is 6.54. The van der Waals surface area contributed by atoms with Crippen LogP contribution in [-0.2, 0) is 11.2 Å². The number of ether oxygens (including phenoxy) is 1. The molecule has 3 atom stereocenters. The fraction of sp³-hybridized carbons (Fsp3) is 0.548. The second kappa shape index (κ2) is 11.9. The highest BCUT2D eigenvalue weighted by Gasteiger charge is 2.32. The van der Waals surface area contributed by atoms with Crippen molar-refractivity contribution in [2.75, 3.05) is 6.61 Å². The SMILES string of the molecule is CC[C@H](C)[C@H](NC(=O)c1c(C(C)C)cc(C(C)C)cc1C(C)C)C1=N[C@@H](Cc2ccccc2)CO1. The van der Waals surface area contributed by atoms with Crippen LogP contribution in [0.2, 0.25) is 0 Å². The quantitative estimate of drug-likeness (QED) is 0.393. The summed E-state index contributed by atoms with van der Waals surface area (Å²) in [5, 5.41) is 3.35. The van der Waals surface area contributed by atoms with Crippen LogP contribution >= 0.6 is 0 Å². The molecule has 1 aliphatic heterocycles. The molecule has 190 valence electrons. The van der Waals surface area contributed by atoms with E-state index in [1.807, 2.05) is 6.07 Å². The van der Waals surface area contributed by atoms with Crippen LogP contribution in [0.4, 0.5) is 0 Å². The summed E-state index contributed by atoms with van der Waals surface area (Å²) in [5.74, 6) is 1.79. The first-order valence-electron chi connectivity index (χ1n) is 13.3. The molecule has 1 amide bonds. The highest BCUT2D eigenvalue weighted by Crippen LogP contribution is 2.32. The normalized spacial score (nSPS) is 17.5. The van der Waals surface area contributed by atoms with Gasteiger partial charge in [-0.3, -0.25) is 4.79 Å². The number of nitrogens with one attached hydrogen (secondary N) is 1. The van der Waals surface area contributed by atoms with Crippen LogP contribution in [0.5, 0.6) is 0 Å². The van der Waals surface area contributed by atoms with Gasteiger partial charge in [-0.05, 0) is 52.3 Å². The van der Waals surface area contributed by atoms with Crippen LogP contribution in [0.15, 0.2) is 47.5 Å². The third-order valence-electron chi connectivity index (χ3n) is 7.17. The second-order valence-corrected chi connectivity index (χ2v) is 11.0. The molecule has 1 N–H and O–H groups in total. The fourth-order valence-corrected chi connectivity index (χ4v) is 4.71. The van der Waals surface area contributed by atoms with Gasteiger partial charge in [0.15, 0.2) is 0 Å². The molecular formula is C31H44N2O2. The first kappa shape index (κ1) is 27.0. The summed E-state index contributed by atoms with van der Waals surface area (Å²) in [4.78, 5) is 18.8. The van der Waals surface area contributed by atoms with E-state index in [0.29, 0.717) is 18.4 Å². The van der Waals surface area contributed by atoms with Crippen molar-refractivity contribution in [2.24, 2.45) is 10.9 Å². The Labute approximate surface area is 212 Å². The Morgan fingerprint density at radius 1 is 0.971 bits per heavy atom.